The van der Waals surface area contributed by atoms with Crippen molar-refractivity contribution in [3.63, 3.8) is 0 Å². The molecule has 2 aromatic carbocycles. The molecule has 7 nitrogen and oxygen atoms in total. The lowest BCUT2D eigenvalue weighted by Gasteiger charge is -2.35. The number of para-hydroxylation sites is 1. The van der Waals surface area contributed by atoms with Crippen LogP contribution in [0.4, 0.5) is 5.69 Å². The van der Waals surface area contributed by atoms with Gasteiger partial charge >= 0.3 is 0 Å². The van der Waals surface area contributed by atoms with Gasteiger partial charge in [-0.05, 0) is 36.1 Å². The van der Waals surface area contributed by atoms with E-state index in [4.69, 9.17) is 9.47 Å². The van der Waals surface area contributed by atoms with E-state index in [1.807, 2.05) is 43.3 Å². The molecule has 0 saturated carbocycles. The van der Waals surface area contributed by atoms with Crippen LogP contribution in [-0.2, 0) is 20.2 Å². The third kappa shape index (κ3) is 4.95. The number of amides is 1. The molecule has 0 aliphatic carbocycles. The van der Waals surface area contributed by atoms with Crippen molar-refractivity contribution in [1.82, 2.24) is 5.32 Å². The summed E-state index contributed by atoms with van der Waals surface area (Å²) in [6.45, 7) is 7.91. The molecule has 1 N–H and O–H groups in total. The highest BCUT2D eigenvalue weighted by Crippen LogP contribution is 2.38. The van der Waals surface area contributed by atoms with Crippen LogP contribution in [0.5, 0.6) is 11.5 Å². The molecule has 1 aliphatic heterocycles. The Hall–Kier alpha value is -2.74. The number of ether oxygens (including phenoxy) is 2. The van der Waals surface area contributed by atoms with E-state index in [0.717, 1.165) is 17.4 Å². The van der Waals surface area contributed by atoms with Gasteiger partial charge in [0.2, 0.25) is 10.0 Å². The number of carbonyl (C=O) groups excluding carboxylic acids is 1. The largest absolute Gasteiger partial charge is 0.496 e. The third-order valence-corrected chi connectivity index (χ3v) is 6.50. The van der Waals surface area contributed by atoms with Gasteiger partial charge in [0.15, 0.2) is 6.10 Å². The minimum absolute atomic E-state index is 0.0933. The van der Waals surface area contributed by atoms with Crippen molar-refractivity contribution in [1.29, 1.82) is 0 Å². The SMILES string of the molecule is COc1ccccc1C(C)NC(=O)C1CN(S(C)(=O)=O)c2cc(C(C)(C)C)ccc2O1. The maximum Gasteiger partial charge on any atom is 0.263 e. The van der Waals surface area contributed by atoms with Gasteiger partial charge < -0.3 is 14.8 Å². The fraction of sp³-hybridized carbons (Fsp3) is 0.435. The van der Waals surface area contributed by atoms with Gasteiger partial charge in [-0.3, -0.25) is 9.10 Å². The second kappa shape index (κ2) is 8.42. The number of anilines is 1. The summed E-state index contributed by atoms with van der Waals surface area (Å²) in [4.78, 5) is 13.0. The van der Waals surface area contributed by atoms with Crippen LogP contribution in [0.3, 0.4) is 0 Å². The summed E-state index contributed by atoms with van der Waals surface area (Å²) in [5.74, 6) is 0.644. The van der Waals surface area contributed by atoms with Crippen LogP contribution in [0.1, 0.15) is 44.9 Å². The van der Waals surface area contributed by atoms with E-state index in [0.29, 0.717) is 17.2 Å². The second-order valence-corrected chi connectivity index (χ2v) is 10.7. The Morgan fingerprint density at radius 3 is 2.52 bits per heavy atom. The molecule has 0 spiro atoms. The summed E-state index contributed by atoms with van der Waals surface area (Å²) in [7, 11) is -2.03. The molecular weight excluding hydrogens is 416 g/mol. The molecule has 0 fully saturated rings. The Balaban J connectivity index is 1.88. The molecule has 2 aromatic rings. The molecular formula is C23H30N2O5S. The molecule has 1 amide bonds. The normalized spacial score (nSPS) is 17.4. The highest BCUT2D eigenvalue weighted by molar-refractivity contribution is 7.92. The van der Waals surface area contributed by atoms with Crippen LogP contribution in [0.2, 0.25) is 0 Å². The van der Waals surface area contributed by atoms with E-state index in [9.17, 15) is 13.2 Å². The van der Waals surface area contributed by atoms with E-state index < -0.39 is 22.0 Å². The lowest BCUT2D eigenvalue weighted by atomic mass is 9.86. The zero-order valence-corrected chi connectivity index (χ0v) is 19.6. The highest BCUT2D eigenvalue weighted by atomic mass is 32.2. The number of nitrogens with one attached hydrogen (secondary N) is 1. The number of fused-ring (bicyclic) bond motifs is 1. The Bertz CT molecular complexity index is 1080. The van der Waals surface area contributed by atoms with Gasteiger partial charge in [-0.15, -0.1) is 0 Å². The molecule has 1 heterocycles. The average Bonchev–Trinajstić information content (AvgIpc) is 2.70. The fourth-order valence-electron chi connectivity index (χ4n) is 3.58. The van der Waals surface area contributed by atoms with Crippen molar-refractivity contribution >= 4 is 21.6 Å². The molecule has 31 heavy (non-hydrogen) atoms. The first-order valence-corrected chi connectivity index (χ1v) is 12.0. The summed E-state index contributed by atoms with van der Waals surface area (Å²) in [5.41, 5.74) is 2.11. The second-order valence-electron chi connectivity index (χ2n) is 8.81. The lowest BCUT2D eigenvalue weighted by molar-refractivity contribution is -0.128. The Morgan fingerprint density at radius 2 is 1.90 bits per heavy atom. The van der Waals surface area contributed by atoms with Crippen LogP contribution < -0.4 is 19.1 Å². The number of sulfonamides is 1. The summed E-state index contributed by atoms with van der Waals surface area (Å²) in [6.07, 6.45) is 0.165. The van der Waals surface area contributed by atoms with Crippen LogP contribution in [-0.4, -0.2) is 40.3 Å². The van der Waals surface area contributed by atoms with E-state index in [-0.39, 0.29) is 18.0 Å². The number of methoxy groups -OCH3 is 1. The molecule has 0 saturated heterocycles. The van der Waals surface area contributed by atoms with Crippen molar-refractivity contribution in [2.75, 3.05) is 24.2 Å². The standard InChI is InChI=1S/C23H30N2O5S/c1-15(17-9-7-8-10-19(17)29-5)24-22(26)21-14-25(31(6,27)28)18-13-16(23(2,3)4)11-12-20(18)30-21/h7-13,15,21H,14H2,1-6H3,(H,24,26). The number of nitrogens with zero attached hydrogens (tertiary/aromatic N) is 1. The topological polar surface area (TPSA) is 84.9 Å². The van der Waals surface area contributed by atoms with Gasteiger partial charge in [0.05, 0.1) is 31.6 Å². The van der Waals surface area contributed by atoms with Crippen molar-refractivity contribution in [2.45, 2.75) is 45.3 Å². The van der Waals surface area contributed by atoms with Gasteiger partial charge in [0.1, 0.15) is 11.5 Å². The molecule has 0 radical (unpaired) electrons. The summed E-state index contributed by atoms with van der Waals surface area (Å²) in [6, 6.07) is 12.5. The molecule has 8 heteroatoms. The molecule has 1 aliphatic rings. The minimum atomic E-state index is -3.61. The van der Waals surface area contributed by atoms with E-state index >= 15 is 0 Å². The number of hydrogen-bond acceptors (Lipinski definition) is 5. The number of carbonyl (C=O) groups is 1. The zero-order chi connectivity index (χ0) is 23.0. The Kier molecular flexibility index (Phi) is 6.23. The highest BCUT2D eigenvalue weighted by Gasteiger charge is 2.36. The average molecular weight is 447 g/mol. The smallest absolute Gasteiger partial charge is 0.263 e. The van der Waals surface area contributed by atoms with Gasteiger partial charge in [-0.25, -0.2) is 8.42 Å². The first-order chi connectivity index (χ1) is 14.4. The van der Waals surface area contributed by atoms with Crippen molar-refractivity contribution < 1.29 is 22.7 Å². The molecule has 2 unspecified atom stereocenters. The van der Waals surface area contributed by atoms with Gasteiger partial charge in [0, 0.05) is 5.56 Å². The third-order valence-electron chi connectivity index (χ3n) is 5.35. The van der Waals surface area contributed by atoms with Crippen molar-refractivity contribution in [3.05, 3.63) is 53.6 Å². The van der Waals surface area contributed by atoms with Gasteiger partial charge in [0.25, 0.3) is 5.91 Å². The maximum absolute atomic E-state index is 13.0. The zero-order valence-electron chi connectivity index (χ0n) is 18.8. The number of rotatable bonds is 5. The minimum Gasteiger partial charge on any atom is -0.496 e. The van der Waals surface area contributed by atoms with E-state index in [1.165, 1.54) is 4.31 Å². The van der Waals surface area contributed by atoms with E-state index in [1.54, 1.807) is 13.2 Å². The monoisotopic (exact) mass is 446 g/mol. The van der Waals surface area contributed by atoms with Crippen LogP contribution in [0.25, 0.3) is 0 Å². The quantitative estimate of drug-likeness (QED) is 0.761. The molecule has 0 aromatic heterocycles. The molecule has 168 valence electrons. The Morgan fingerprint density at radius 1 is 1.23 bits per heavy atom. The van der Waals surface area contributed by atoms with Crippen LogP contribution in [0, 0.1) is 0 Å². The van der Waals surface area contributed by atoms with E-state index in [2.05, 4.69) is 26.1 Å². The first kappa shape index (κ1) is 22.9. The number of benzene rings is 2. The summed E-state index contributed by atoms with van der Waals surface area (Å²) >= 11 is 0. The van der Waals surface area contributed by atoms with Gasteiger partial charge in [-0.1, -0.05) is 45.0 Å². The lowest BCUT2D eigenvalue weighted by Crippen LogP contribution is -2.50. The fourth-order valence-corrected chi connectivity index (χ4v) is 4.48. The molecule has 0 bridgehead atoms. The molecule has 3 rings (SSSR count). The van der Waals surface area contributed by atoms with Crippen LogP contribution in [0.15, 0.2) is 42.5 Å². The van der Waals surface area contributed by atoms with Crippen molar-refractivity contribution in [2.24, 2.45) is 0 Å². The summed E-state index contributed by atoms with van der Waals surface area (Å²) in [5, 5.41) is 2.91. The number of hydrogen-bond donors (Lipinski definition) is 1. The first-order valence-electron chi connectivity index (χ1n) is 10.1. The Labute approximate surface area is 184 Å². The van der Waals surface area contributed by atoms with Crippen molar-refractivity contribution in [3.8, 4) is 11.5 Å². The van der Waals surface area contributed by atoms with Gasteiger partial charge in [-0.2, -0.15) is 0 Å². The maximum atomic E-state index is 13.0. The molecule has 2 atom stereocenters. The predicted molar refractivity (Wildman–Crippen MR) is 121 cm³/mol. The predicted octanol–water partition coefficient (Wildman–Crippen LogP) is 3.40. The van der Waals surface area contributed by atoms with Crippen LogP contribution >= 0.6 is 0 Å². The summed E-state index contributed by atoms with van der Waals surface area (Å²) < 4.78 is 37.6.